The lowest BCUT2D eigenvalue weighted by molar-refractivity contribution is 0.0878. The Bertz CT molecular complexity index is 1130. The van der Waals surface area contributed by atoms with Gasteiger partial charge in [0.15, 0.2) is 5.52 Å². The lowest BCUT2D eigenvalue weighted by atomic mass is 10.1. The Kier molecular flexibility index (Phi) is 4.72. The van der Waals surface area contributed by atoms with E-state index in [-0.39, 0.29) is 23.1 Å². The molecule has 10 heteroatoms. The quantitative estimate of drug-likeness (QED) is 0.723. The number of benzene rings is 1. The second-order valence-electron chi connectivity index (χ2n) is 6.74. The summed E-state index contributed by atoms with van der Waals surface area (Å²) in [4.78, 5) is 20.8. The van der Waals surface area contributed by atoms with Crippen molar-refractivity contribution in [3.05, 3.63) is 35.9 Å². The molecular weight excluding hydrogens is 379 g/mol. The number of piperidine rings is 1. The van der Waals surface area contributed by atoms with E-state index >= 15 is 0 Å². The van der Waals surface area contributed by atoms with E-state index in [0.29, 0.717) is 42.7 Å². The minimum atomic E-state index is -0.938. The molecule has 29 heavy (non-hydrogen) atoms. The molecule has 1 fully saturated rings. The first-order valence-electron chi connectivity index (χ1n) is 9.00. The van der Waals surface area contributed by atoms with E-state index in [1.807, 2.05) is 6.07 Å². The molecule has 1 amide bonds. The minimum Gasteiger partial charge on any atom is -0.473 e. The van der Waals surface area contributed by atoms with Crippen LogP contribution in [0.1, 0.15) is 18.4 Å². The Balaban J connectivity index is 1.67. The highest BCUT2D eigenvalue weighted by Crippen LogP contribution is 2.33. The van der Waals surface area contributed by atoms with Crippen molar-refractivity contribution in [3.63, 3.8) is 0 Å². The lowest BCUT2D eigenvalue weighted by Crippen LogP contribution is -2.41. The third kappa shape index (κ3) is 3.42. The summed E-state index contributed by atoms with van der Waals surface area (Å²) in [7, 11) is 1.67. The van der Waals surface area contributed by atoms with Gasteiger partial charge < -0.3 is 14.7 Å². The van der Waals surface area contributed by atoms with E-state index in [0.717, 1.165) is 0 Å². The molecule has 4 rings (SSSR count). The zero-order chi connectivity index (χ0) is 20.5. The molecule has 3 heterocycles. The first kappa shape index (κ1) is 18.6. The predicted octanol–water partition coefficient (Wildman–Crippen LogP) is 2.56. The number of hydrogen-bond donors (Lipinski definition) is 1. The Hall–Kier alpha value is -3.74. The summed E-state index contributed by atoms with van der Waals surface area (Å²) in [5.41, 5.74) is 1.78. The van der Waals surface area contributed by atoms with Gasteiger partial charge in [-0.25, -0.2) is 14.2 Å². The van der Waals surface area contributed by atoms with Gasteiger partial charge in [-0.2, -0.15) is 15.3 Å². The van der Waals surface area contributed by atoms with Crippen LogP contribution in [0.4, 0.5) is 9.18 Å². The van der Waals surface area contributed by atoms with E-state index in [9.17, 15) is 9.18 Å². The van der Waals surface area contributed by atoms with Crippen molar-refractivity contribution in [1.82, 2.24) is 24.6 Å². The fourth-order valence-electron chi connectivity index (χ4n) is 3.47. The number of ether oxygens (including phenoxy) is 1. The van der Waals surface area contributed by atoms with Crippen molar-refractivity contribution >= 4 is 17.1 Å². The number of hydrogen-bond acceptors (Lipinski definition) is 6. The van der Waals surface area contributed by atoms with Gasteiger partial charge in [-0.1, -0.05) is 0 Å². The van der Waals surface area contributed by atoms with Gasteiger partial charge >= 0.3 is 6.09 Å². The molecule has 0 spiro atoms. The molecule has 9 nitrogen and oxygen atoms in total. The van der Waals surface area contributed by atoms with E-state index in [1.165, 1.54) is 34.1 Å². The molecule has 0 saturated carbocycles. The molecule has 148 valence electrons. The summed E-state index contributed by atoms with van der Waals surface area (Å²) in [5, 5.41) is 22.4. The molecule has 0 atom stereocenters. The maximum absolute atomic E-state index is 14.6. The predicted molar refractivity (Wildman–Crippen MR) is 99.7 cm³/mol. The zero-order valence-electron chi connectivity index (χ0n) is 15.5. The Morgan fingerprint density at radius 1 is 1.31 bits per heavy atom. The molecule has 0 bridgehead atoms. The van der Waals surface area contributed by atoms with E-state index in [2.05, 4.69) is 15.1 Å². The third-order valence-corrected chi connectivity index (χ3v) is 4.93. The molecule has 3 aromatic rings. The van der Waals surface area contributed by atoms with Crippen LogP contribution in [0.3, 0.4) is 0 Å². The van der Waals surface area contributed by atoms with Crippen LogP contribution in [0.2, 0.25) is 0 Å². The van der Waals surface area contributed by atoms with Crippen LogP contribution in [-0.2, 0) is 7.05 Å². The summed E-state index contributed by atoms with van der Waals surface area (Å²) in [6.45, 7) is 0.774. The zero-order valence-corrected chi connectivity index (χ0v) is 15.5. The smallest absolute Gasteiger partial charge is 0.407 e. The molecule has 1 saturated heterocycles. The fourth-order valence-corrected chi connectivity index (χ4v) is 3.47. The van der Waals surface area contributed by atoms with Crippen LogP contribution in [0.5, 0.6) is 5.88 Å². The number of halogens is 1. The average Bonchev–Trinajstić information content (AvgIpc) is 3.05. The largest absolute Gasteiger partial charge is 0.473 e. The van der Waals surface area contributed by atoms with Crippen molar-refractivity contribution in [2.45, 2.75) is 18.9 Å². The highest BCUT2D eigenvalue weighted by atomic mass is 19.1. The lowest BCUT2D eigenvalue weighted by Gasteiger charge is -2.29. The maximum Gasteiger partial charge on any atom is 0.407 e. The van der Waals surface area contributed by atoms with Crippen LogP contribution >= 0.6 is 0 Å². The summed E-state index contributed by atoms with van der Waals surface area (Å²) >= 11 is 0. The van der Waals surface area contributed by atoms with E-state index in [1.54, 1.807) is 7.05 Å². The molecular formula is C19H17FN6O3. The second kappa shape index (κ2) is 7.35. The molecule has 0 unspecified atom stereocenters. The number of fused-ring (bicyclic) bond motifs is 1. The van der Waals surface area contributed by atoms with Gasteiger partial charge in [0.25, 0.3) is 0 Å². The van der Waals surface area contributed by atoms with Gasteiger partial charge in [-0.15, -0.1) is 0 Å². The van der Waals surface area contributed by atoms with Crippen molar-refractivity contribution in [3.8, 4) is 23.2 Å². The number of aromatic nitrogens is 4. The molecule has 0 radical (unpaired) electrons. The van der Waals surface area contributed by atoms with E-state index in [4.69, 9.17) is 15.1 Å². The SMILES string of the molecule is Cn1nc2c(OC3CCN(C(=O)O)CC3)ncnc2c1-c1ccc(C#N)cc1F. The first-order chi connectivity index (χ1) is 14.0. The van der Waals surface area contributed by atoms with Crippen LogP contribution in [0, 0.1) is 17.1 Å². The Morgan fingerprint density at radius 2 is 2.07 bits per heavy atom. The standard InChI is InChI=1S/C19H17FN6O3/c1-25-17(13-3-2-11(9-21)8-14(13)20)15-16(24-25)18(23-10-22-15)29-12-4-6-26(7-5-12)19(27)28/h2-3,8,10,12H,4-7H2,1H3,(H,27,28). The number of amides is 1. The maximum atomic E-state index is 14.6. The number of rotatable bonds is 3. The fraction of sp³-hybridized carbons (Fsp3) is 0.316. The van der Waals surface area contributed by atoms with Crippen LogP contribution < -0.4 is 4.74 Å². The number of nitriles is 1. The summed E-state index contributed by atoms with van der Waals surface area (Å²) in [6, 6.07) is 6.13. The molecule has 1 N–H and O–H groups in total. The summed E-state index contributed by atoms with van der Waals surface area (Å²) in [6.07, 6.45) is 1.28. The van der Waals surface area contributed by atoms with Crippen LogP contribution in [0.25, 0.3) is 22.3 Å². The molecule has 2 aromatic heterocycles. The normalized spacial score (nSPS) is 14.7. The first-order valence-corrected chi connectivity index (χ1v) is 9.00. The van der Waals surface area contributed by atoms with Crippen molar-refractivity contribution in [2.75, 3.05) is 13.1 Å². The highest BCUT2D eigenvalue weighted by molar-refractivity contribution is 5.92. The number of likely N-dealkylation sites (tertiary alicyclic amines) is 1. The van der Waals surface area contributed by atoms with Gasteiger partial charge in [-0.05, 0) is 18.2 Å². The van der Waals surface area contributed by atoms with Gasteiger partial charge in [0.05, 0.1) is 17.3 Å². The Morgan fingerprint density at radius 3 is 2.72 bits per heavy atom. The van der Waals surface area contributed by atoms with E-state index < -0.39 is 11.9 Å². The van der Waals surface area contributed by atoms with Crippen molar-refractivity contribution in [1.29, 1.82) is 5.26 Å². The number of carbonyl (C=O) groups is 1. The minimum absolute atomic E-state index is 0.194. The summed E-state index contributed by atoms with van der Waals surface area (Å²) < 4.78 is 22.1. The molecule has 1 aromatic carbocycles. The van der Waals surface area contributed by atoms with Gasteiger partial charge in [0, 0.05) is 38.5 Å². The van der Waals surface area contributed by atoms with Gasteiger partial charge in [-0.3, -0.25) is 4.68 Å². The monoisotopic (exact) mass is 396 g/mol. The van der Waals surface area contributed by atoms with Crippen molar-refractivity contribution < 1.29 is 19.0 Å². The summed E-state index contributed by atoms with van der Waals surface area (Å²) in [5.74, 6) is -0.268. The molecule has 1 aliphatic heterocycles. The number of carboxylic acid groups (broad SMARTS) is 1. The second-order valence-corrected chi connectivity index (χ2v) is 6.74. The Labute approximate surface area is 165 Å². The molecule has 0 aliphatic carbocycles. The highest BCUT2D eigenvalue weighted by Gasteiger charge is 2.26. The van der Waals surface area contributed by atoms with Crippen molar-refractivity contribution in [2.24, 2.45) is 7.05 Å². The topological polar surface area (TPSA) is 117 Å². The average molecular weight is 396 g/mol. The van der Waals surface area contributed by atoms with Crippen LogP contribution in [0.15, 0.2) is 24.5 Å². The third-order valence-electron chi connectivity index (χ3n) is 4.93. The molecule has 1 aliphatic rings. The number of nitrogens with zero attached hydrogens (tertiary/aromatic N) is 6. The number of aryl methyl sites for hydroxylation is 1. The van der Waals surface area contributed by atoms with Gasteiger partial charge in [0.1, 0.15) is 23.8 Å². The van der Waals surface area contributed by atoms with Gasteiger partial charge in [0.2, 0.25) is 5.88 Å². The van der Waals surface area contributed by atoms with Crippen LogP contribution in [-0.4, -0.2) is 55.0 Å².